The van der Waals surface area contributed by atoms with Crippen LogP contribution in [0.15, 0.2) is 111 Å². The van der Waals surface area contributed by atoms with Gasteiger partial charge in [-0.3, -0.25) is 0 Å². The van der Waals surface area contributed by atoms with E-state index in [1.54, 1.807) is 36.4 Å². The van der Waals surface area contributed by atoms with Gasteiger partial charge in [-0.05, 0) is 47.5 Å². The lowest BCUT2D eigenvalue weighted by Crippen LogP contribution is -2.40. The summed E-state index contributed by atoms with van der Waals surface area (Å²) >= 11 is 7.76. The van der Waals surface area contributed by atoms with Crippen molar-refractivity contribution in [1.82, 2.24) is 4.72 Å². The van der Waals surface area contributed by atoms with Gasteiger partial charge < -0.3 is 15.2 Å². The van der Waals surface area contributed by atoms with Crippen molar-refractivity contribution in [1.29, 1.82) is 0 Å². The Morgan fingerprint density at radius 2 is 1.49 bits per heavy atom. The van der Waals surface area contributed by atoms with Crippen LogP contribution in [0.3, 0.4) is 0 Å². The Kier molecular flexibility index (Phi) is 7.38. The molecular weight excluding hydrogens is 530 g/mol. The molecule has 1 aliphatic heterocycles. The van der Waals surface area contributed by atoms with Crippen molar-refractivity contribution < 1.29 is 18.3 Å². The van der Waals surface area contributed by atoms with Crippen LogP contribution in [0, 0.1) is 0 Å². The van der Waals surface area contributed by atoms with Gasteiger partial charge in [-0.25, -0.2) is 18.1 Å². The van der Waals surface area contributed by atoms with Gasteiger partial charge in [0, 0.05) is 9.79 Å². The van der Waals surface area contributed by atoms with Crippen molar-refractivity contribution in [3.63, 3.8) is 0 Å². The van der Waals surface area contributed by atoms with Crippen molar-refractivity contribution in [3.05, 3.63) is 107 Å². The molecule has 0 aromatic heterocycles. The summed E-state index contributed by atoms with van der Waals surface area (Å²) in [5.41, 5.74) is 2.01. The van der Waals surface area contributed by atoms with E-state index in [1.165, 1.54) is 17.8 Å². The molecule has 37 heavy (non-hydrogen) atoms. The van der Waals surface area contributed by atoms with E-state index in [-0.39, 0.29) is 29.7 Å². The minimum atomic E-state index is -3.88. The molecule has 5 rings (SSSR count). The molecular formula is C27H22ClN3O4S2. The van der Waals surface area contributed by atoms with Crippen molar-refractivity contribution in [2.75, 3.05) is 5.32 Å². The molecule has 0 spiro atoms. The molecule has 10 heteroatoms. The highest BCUT2D eigenvalue weighted by Crippen LogP contribution is 2.39. The Labute approximate surface area is 224 Å². The minimum absolute atomic E-state index is 0.0487. The average molecular weight is 552 g/mol. The number of aliphatic imine (C=N–C) groups is 1. The molecule has 0 fully saturated rings. The number of para-hydroxylation sites is 2. The number of hydrogen-bond donors (Lipinski definition) is 3. The minimum Gasteiger partial charge on any atom is -0.454 e. The summed E-state index contributed by atoms with van der Waals surface area (Å²) in [6.45, 7) is 0.162. The number of benzene rings is 4. The van der Waals surface area contributed by atoms with Crippen LogP contribution >= 0.6 is 23.4 Å². The molecule has 0 unspecified atom stereocenters. The van der Waals surface area contributed by atoms with Crippen LogP contribution in [-0.4, -0.2) is 19.5 Å². The number of nitrogens with one attached hydrogen (secondary N) is 2. The van der Waals surface area contributed by atoms with E-state index in [0.717, 1.165) is 20.9 Å². The number of guanidine groups is 1. The predicted octanol–water partition coefficient (Wildman–Crippen LogP) is 6.04. The van der Waals surface area contributed by atoms with Gasteiger partial charge in [0.2, 0.25) is 5.96 Å². The average Bonchev–Trinajstić information content (AvgIpc) is 2.90. The van der Waals surface area contributed by atoms with E-state index < -0.39 is 10.0 Å². The second-order valence-electron chi connectivity index (χ2n) is 8.03. The molecule has 4 aromatic rings. The fraction of sp³-hybridized carbons (Fsp3) is 0.0741. The quantitative estimate of drug-likeness (QED) is 0.259. The van der Waals surface area contributed by atoms with Crippen LogP contribution in [-0.2, 0) is 23.2 Å². The number of fused-ring (bicyclic) bond motifs is 1. The normalized spacial score (nSPS) is 14.9. The third-order valence-corrected chi connectivity index (χ3v) is 8.48. The number of anilines is 1. The number of ether oxygens (including phenoxy) is 1. The predicted molar refractivity (Wildman–Crippen MR) is 146 cm³/mol. The molecule has 0 aliphatic carbocycles. The fourth-order valence-electron chi connectivity index (χ4n) is 3.74. The maximum absolute atomic E-state index is 13.0. The highest BCUT2D eigenvalue weighted by atomic mass is 35.5. The van der Waals surface area contributed by atoms with Crippen LogP contribution in [0.4, 0.5) is 5.69 Å². The van der Waals surface area contributed by atoms with Gasteiger partial charge in [-0.2, -0.15) is 0 Å². The molecule has 0 amide bonds. The molecule has 0 atom stereocenters. The molecule has 4 aromatic carbocycles. The number of rotatable bonds is 7. The van der Waals surface area contributed by atoms with E-state index in [0.29, 0.717) is 16.5 Å². The first-order valence-corrected chi connectivity index (χ1v) is 14.0. The summed E-state index contributed by atoms with van der Waals surface area (Å²) in [6.07, 6.45) is 0. The molecule has 0 saturated heterocycles. The highest BCUT2D eigenvalue weighted by Gasteiger charge is 2.29. The zero-order chi connectivity index (χ0) is 25.8. The standard InChI is InChI=1S/C27H22ClN3O4S2/c28-20-10-3-4-11-21(20)35-22-12-7-15-25-26(22)30-27(31-37(25,33)34)29-16-18-8-1-5-13-23(18)36-24-14-6-2-9-19(24)17-32/h1-15,32H,16-17H2,(H2,29,30,31). The van der Waals surface area contributed by atoms with Crippen LogP contribution < -0.4 is 14.8 Å². The zero-order valence-electron chi connectivity index (χ0n) is 19.4. The maximum Gasteiger partial charge on any atom is 0.266 e. The highest BCUT2D eigenvalue weighted by molar-refractivity contribution is 7.99. The Morgan fingerprint density at radius 3 is 2.24 bits per heavy atom. The first-order chi connectivity index (χ1) is 17.9. The number of sulfonamides is 1. The number of nitrogens with zero attached hydrogens (tertiary/aromatic N) is 1. The summed E-state index contributed by atoms with van der Waals surface area (Å²) in [6, 6.07) is 27.1. The summed E-state index contributed by atoms with van der Waals surface area (Å²) in [5, 5.41) is 13.1. The van der Waals surface area contributed by atoms with Crippen LogP contribution in [0.1, 0.15) is 11.1 Å². The molecule has 0 radical (unpaired) electrons. The maximum atomic E-state index is 13.0. The smallest absolute Gasteiger partial charge is 0.266 e. The van der Waals surface area contributed by atoms with Crippen molar-refractivity contribution in [2.24, 2.45) is 4.99 Å². The van der Waals surface area contributed by atoms with Gasteiger partial charge in [0.05, 0.1) is 18.2 Å². The number of aliphatic hydroxyl groups is 1. The van der Waals surface area contributed by atoms with Crippen molar-refractivity contribution in [2.45, 2.75) is 27.8 Å². The second kappa shape index (κ2) is 10.9. The van der Waals surface area contributed by atoms with Gasteiger partial charge in [0.25, 0.3) is 10.0 Å². The van der Waals surface area contributed by atoms with E-state index in [1.807, 2.05) is 48.5 Å². The summed E-state index contributed by atoms with van der Waals surface area (Å²) < 4.78 is 34.5. The van der Waals surface area contributed by atoms with E-state index in [2.05, 4.69) is 15.0 Å². The monoisotopic (exact) mass is 551 g/mol. The first kappa shape index (κ1) is 25.2. The number of aliphatic hydroxyl groups excluding tert-OH is 1. The lowest BCUT2D eigenvalue weighted by molar-refractivity contribution is 0.279. The van der Waals surface area contributed by atoms with Gasteiger partial charge in [0.15, 0.2) is 5.75 Å². The Hall–Kier alpha value is -3.50. The van der Waals surface area contributed by atoms with Gasteiger partial charge >= 0.3 is 0 Å². The van der Waals surface area contributed by atoms with Crippen molar-refractivity contribution in [3.8, 4) is 11.5 Å². The lowest BCUT2D eigenvalue weighted by Gasteiger charge is -2.24. The number of hydrogen-bond acceptors (Lipinski definition) is 6. The SMILES string of the molecule is O=S1(=O)NC(=NCc2ccccc2Sc2ccccc2CO)Nc2c(Oc3ccccc3Cl)cccc21. The van der Waals surface area contributed by atoms with E-state index >= 15 is 0 Å². The molecule has 0 bridgehead atoms. The van der Waals surface area contributed by atoms with Gasteiger partial charge in [0.1, 0.15) is 16.3 Å². The van der Waals surface area contributed by atoms with Crippen LogP contribution in [0.5, 0.6) is 11.5 Å². The van der Waals surface area contributed by atoms with Gasteiger partial charge in [-0.15, -0.1) is 0 Å². The Bertz CT molecular complexity index is 1590. The summed E-state index contributed by atoms with van der Waals surface area (Å²) in [5.74, 6) is 0.793. The molecule has 1 heterocycles. The Morgan fingerprint density at radius 1 is 0.838 bits per heavy atom. The molecule has 7 nitrogen and oxygen atoms in total. The third kappa shape index (κ3) is 5.60. The fourth-order valence-corrected chi connectivity index (χ4v) is 6.13. The van der Waals surface area contributed by atoms with Gasteiger partial charge in [-0.1, -0.05) is 78.0 Å². The molecule has 0 saturated carbocycles. The van der Waals surface area contributed by atoms with E-state index in [9.17, 15) is 13.5 Å². The summed E-state index contributed by atoms with van der Waals surface area (Å²) in [4.78, 5) is 6.47. The van der Waals surface area contributed by atoms with E-state index in [4.69, 9.17) is 16.3 Å². The van der Waals surface area contributed by atoms with Crippen LogP contribution in [0.25, 0.3) is 0 Å². The topological polar surface area (TPSA) is 100 Å². The molecule has 188 valence electrons. The Balaban J connectivity index is 1.43. The summed E-state index contributed by atoms with van der Waals surface area (Å²) in [7, 11) is -3.88. The zero-order valence-corrected chi connectivity index (χ0v) is 21.8. The largest absolute Gasteiger partial charge is 0.454 e. The first-order valence-electron chi connectivity index (χ1n) is 11.3. The molecule has 3 N–H and O–H groups in total. The lowest BCUT2D eigenvalue weighted by atomic mass is 10.2. The number of halogens is 1. The van der Waals surface area contributed by atoms with Crippen molar-refractivity contribution >= 4 is 45.0 Å². The molecule has 1 aliphatic rings. The second-order valence-corrected chi connectivity index (χ2v) is 11.2. The third-order valence-electron chi connectivity index (χ3n) is 5.55. The van der Waals surface area contributed by atoms with Crippen LogP contribution in [0.2, 0.25) is 5.02 Å².